The minimum absolute atomic E-state index is 0.544. The van der Waals surface area contributed by atoms with E-state index in [9.17, 15) is 0 Å². The number of hydrogen-bond acceptors (Lipinski definition) is 4. The highest BCUT2D eigenvalue weighted by atomic mass is 35.5. The van der Waals surface area contributed by atoms with Crippen LogP contribution in [0.15, 0.2) is 24.3 Å². The Bertz CT molecular complexity index is 555. The number of ether oxygens (including phenoxy) is 2. The van der Waals surface area contributed by atoms with E-state index in [0.29, 0.717) is 29.2 Å². The van der Waals surface area contributed by atoms with E-state index >= 15 is 0 Å². The van der Waals surface area contributed by atoms with E-state index < -0.39 is 0 Å². The van der Waals surface area contributed by atoms with Gasteiger partial charge in [0.15, 0.2) is 11.5 Å². The molecule has 0 radical (unpaired) electrons. The highest BCUT2D eigenvalue weighted by molar-refractivity contribution is 6.32. The van der Waals surface area contributed by atoms with Crippen molar-refractivity contribution < 1.29 is 9.47 Å². The van der Waals surface area contributed by atoms with Gasteiger partial charge in [0, 0.05) is 19.1 Å². The van der Waals surface area contributed by atoms with Gasteiger partial charge in [0.05, 0.1) is 18.7 Å². The fourth-order valence-corrected chi connectivity index (χ4v) is 3.43. The van der Waals surface area contributed by atoms with Gasteiger partial charge in [-0.15, -0.1) is 0 Å². The van der Waals surface area contributed by atoms with Crippen LogP contribution in [0, 0.1) is 0 Å². The van der Waals surface area contributed by atoms with Crippen molar-refractivity contribution in [3.8, 4) is 11.5 Å². The molecular weight excluding hydrogens is 324 g/mol. The lowest BCUT2D eigenvalue weighted by atomic mass is 10.0. The van der Waals surface area contributed by atoms with E-state index in [-0.39, 0.29) is 0 Å². The van der Waals surface area contributed by atoms with E-state index in [1.807, 2.05) is 19.1 Å². The number of methoxy groups -OCH3 is 1. The number of nitrogens with zero attached hydrogens (tertiary/aromatic N) is 1. The first kappa shape index (κ1) is 19.1. The van der Waals surface area contributed by atoms with Crippen molar-refractivity contribution in [1.29, 1.82) is 0 Å². The maximum absolute atomic E-state index is 6.31. The van der Waals surface area contributed by atoms with Crippen molar-refractivity contribution in [1.82, 2.24) is 10.2 Å². The third-order valence-electron chi connectivity index (χ3n) is 4.25. The van der Waals surface area contributed by atoms with Gasteiger partial charge >= 0.3 is 0 Å². The van der Waals surface area contributed by atoms with Crippen LogP contribution in [0.4, 0.5) is 0 Å². The summed E-state index contributed by atoms with van der Waals surface area (Å²) in [5.41, 5.74) is 2.35. The molecule has 24 heavy (non-hydrogen) atoms. The summed E-state index contributed by atoms with van der Waals surface area (Å²) in [6.07, 6.45) is 2.32. The second-order valence-electron chi connectivity index (χ2n) is 6.43. The maximum atomic E-state index is 6.31. The van der Waals surface area contributed by atoms with Crippen LogP contribution in [0.5, 0.6) is 11.5 Å². The molecule has 5 heteroatoms. The van der Waals surface area contributed by atoms with Crippen LogP contribution in [0.2, 0.25) is 5.02 Å². The standard InChI is InChI=1S/C19H29ClN2O2/c1-5-24-18-11-15(10-17(20)19(18)23-4)12-21-16-6-8-22(9-7-16)13-14(2)3/h10-11,16,21H,2,5-9,12-13H2,1,3-4H3. The summed E-state index contributed by atoms with van der Waals surface area (Å²) in [5, 5.41) is 4.24. The fourth-order valence-electron chi connectivity index (χ4n) is 3.12. The molecule has 1 fully saturated rings. The van der Waals surface area contributed by atoms with Crippen LogP contribution in [-0.2, 0) is 6.54 Å². The Morgan fingerprint density at radius 3 is 2.67 bits per heavy atom. The number of benzene rings is 1. The van der Waals surface area contributed by atoms with Gasteiger partial charge in [0.1, 0.15) is 0 Å². The molecule has 1 aromatic carbocycles. The topological polar surface area (TPSA) is 33.7 Å². The first-order chi connectivity index (χ1) is 11.5. The van der Waals surface area contributed by atoms with Crippen LogP contribution in [0.3, 0.4) is 0 Å². The molecule has 4 nitrogen and oxygen atoms in total. The summed E-state index contributed by atoms with van der Waals surface area (Å²) in [4.78, 5) is 2.47. The van der Waals surface area contributed by atoms with Crippen LogP contribution in [0.1, 0.15) is 32.3 Å². The summed E-state index contributed by atoms with van der Waals surface area (Å²) in [7, 11) is 1.61. The molecule has 0 spiro atoms. The number of hydrogen-bond donors (Lipinski definition) is 1. The van der Waals surface area contributed by atoms with Gasteiger partial charge in [0.2, 0.25) is 0 Å². The summed E-state index contributed by atoms with van der Waals surface area (Å²) in [5.74, 6) is 1.32. The first-order valence-corrected chi connectivity index (χ1v) is 9.00. The van der Waals surface area contributed by atoms with E-state index in [1.165, 1.54) is 5.57 Å². The molecule has 1 N–H and O–H groups in total. The number of rotatable bonds is 8. The van der Waals surface area contributed by atoms with Crippen molar-refractivity contribution in [3.05, 3.63) is 34.9 Å². The Morgan fingerprint density at radius 2 is 2.08 bits per heavy atom. The van der Waals surface area contributed by atoms with Crippen molar-refractivity contribution in [2.45, 2.75) is 39.3 Å². The van der Waals surface area contributed by atoms with Gasteiger partial charge in [-0.25, -0.2) is 0 Å². The number of halogens is 1. The zero-order valence-corrected chi connectivity index (χ0v) is 15.8. The molecule has 134 valence electrons. The Balaban J connectivity index is 1.89. The Labute approximate surface area is 150 Å². The Kier molecular flexibility index (Phi) is 7.40. The second-order valence-corrected chi connectivity index (χ2v) is 6.84. The van der Waals surface area contributed by atoms with Gasteiger partial charge in [-0.1, -0.05) is 23.8 Å². The third-order valence-corrected chi connectivity index (χ3v) is 4.53. The van der Waals surface area contributed by atoms with Crippen LogP contribution in [-0.4, -0.2) is 44.3 Å². The van der Waals surface area contributed by atoms with Gasteiger partial charge in [0.25, 0.3) is 0 Å². The van der Waals surface area contributed by atoms with Crippen LogP contribution >= 0.6 is 11.6 Å². The Morgan fingerprint density at radius 1 is 1.38 bits per heavy atom. The van der Waals surface area contributed by atoms with E-state index in [1.54, 1.807) is 7.11 Å². The van der Waals surface area contributed by atoms with E-state index in [0.717, 1.165) is 44.6 Å². The highest BCUT2D eigenvalue weighted by Gasteiger charge is 2.19. The Hall–Kier alpha value is -1.23. The maximum Gasteiger partial charge on any atom is 0.179 e. The van der Waals surface area contributed by atoms with Crippen molar-refractivity contribution in [3.63, 3.8) is 0 Å². The molecule has 1 saturated heterocycles. The molecule has 0 saturated carbocycles. The van der Waals surface area contributed by atoms with E-state index in [4.69, 9.17) is 21.1 Å². The minimum Gasteiger partial charge on any atom is -0.491 e. The monoisotopic (exact) mass is 352 g/mol. The average Bonchev–Trinajstić information content (AvgIpc) is 2.54. The van der Waals surface area contributed by atoms with Gasteiger partial charge < -0.3 is 14.8 Å². The molecule has 0 atom stereocenters. The van der Waals surface area contributed by atoms with Crippen molar-refractivity contribution >= 4 is 11.6 Å². The van der Waals surface area contributed by atoms with Gasteiger partial charge in [-0.3, -0.25) is 4.90 Å². The van der Waals surface area contributed by atoms with Crippen molar-refractivity contribution in [2.75, 3.05) is 33.4 Å². The highest BCUT2D eigenvalue weighted by Crippen LogP contribution is 2.36. The predicted octanol–water partition coefficient (Wildman–Crippen LogP) is 3.88. The number of piperidine rings is 1. The normalized spacial score (nSPS) is 16.2. The summed E-state index contributed by atoms with van der Waals surface area (Å²) < 4.78 is 11.0. The van der Waals surface area contributed by atoms with E-state index in [2.05, 4.69) is 23.7 Å². The molecule has 0 aliphatic carbocycles. The SMILES string of the molecule is C=C(C)CN1CCC(NCc2cc(Cl)c(OC)c(OCC)c2)CC1. The first-order valence-electron chi connectivity index (χ1n) is 8.62. The summed E-state index contributed by atoms with van der Waals surface area (Å²) >= 11 is 6.31. The fraction of sp³-hybridized carbons (Fsp3) is 0.579. The average molecular weight is 353 g/mol. The van der Waals surface area contributed by atoms with Crippen molar-refractivity contribution in [2.24, 2.45) is 0 Å². The van der Waals surface area contributed by atoms with Gasteiger partial charge in [-0.2, -0.15) is 0 Å². The smallest absolute Gasteiger partial charge is 0.179 e. The molecule has 0 unspecified atom stereocenters. The lowest BCUT2D eigenvalue weighted by Crippen LogP contribution is -2.42. The zero-order chi connectivity index (χ0) is 17.5. The molecule has 1 aliphatic rings. The third kappa shape index (κ3) is 5.40. The molecule has 1 aromatic rings. The number of likely N-dealkylation sites (tertiary alicyclic amines) is 1. The molecule has 0 bridgehead atoms. The lowest BCUT2D eigenvalue weighted by molar-refractivity contribution is 0.211. The van der Waals surface area contributed by atoms with Crippen LogP contribution < -0.4 is 14.8 Å². The molecule has 1 aliphatic heterocycles. The largest absolute Gasteiger partial charge is 0.491 e. The lowest BCUT2D eigenvalue weighted by Gasteiger charge is -2.32. The molecule has 1 heterocycles. The summed E-state index contributed by atoms with van der Waals surface area (Å²) in [6.45, 7) is 12.7. The quantitative estimate of drug-likeness (QED) is 0.720. The van der Waals surface area contributed by atoms with Gasteiger partial charge in [-0.05, 0) is 57.5 Å². The second kappa shape index (κ2) is 9.30. The molecule has 0 amide bonds. The molecule has 2 rings (SSSR count). The molecule has 0 aromatic heterocycles. The summed E-state index contributed by atoms with van der Waals surface area (Å²) in [6, 6.07) is 4.51. The zero-order valence-electron chi connectivity index (χ0n) is 15.0. The minimum atomic E-state index is 0.544. The number of nitrogens with one attached hydrogen (secondary N) is 1. The van der Waals surface area contributed by atoms with Crippen LogP contribution in [0.25, 0.3) is 0 Å². The predicted molar refractivity (Wildman–Crippen MR) is 100 cm³/mol. The molecular formula is C19H29ClN2O2.